The highest BCUT2D eigenvalue weighted by molar-refractivity contribution is 6.08. The van der Waals surface area contributed by atoms with E-state index in [-0.39, 0.29) is 5.78 Å². The van der Waals surface area contributed by atoms with Crippen molar-refractivity contribution in [3.63, 3.8) is 0 Å². The van der Waals surface area contributed by atoms with Gasteiger partial charge in [-0.05, 0) is 54.1 Å². The molecule has 0 unspecified atom stereocenters. The Morgan fingerprint density at radius 3 is 2.23 bits per heavy atom. The van der Waals surface area contributed by atoms with Crippen LogP contribution in [-0.4, -0.2) is 27.1 Å². The van der Waals surface area contributed by atoms with Crippen LogP contribution in [0.2, 0.25) is 0 Å². The summed E-state index contributed by atoms with van der Waals surface area (Å²) in [4.78, 5) is 12.7. The number of hydrogen-bond acceptors (Lipinski definition) is 5. The van der Waals surface area contributed by atoms with Gasteiger partial charge in [-0.2, -0.15) is 0 Å². The number of ether oxygens (including phenoxy) is 4. The summed E-state index contributed by atoms with van der Waals surface area (Å²) in [6.45, 7) is 0.354. The van der Waals surface area contributed by atoms with Gasteiger partial charge < -0.3 is 18.9 Å². The maximum absolute atomic E-state index is 12.7. The highest BCUT2D eigenvalue weighted by Gasteiger charge is 2.11. The van der Waals surface area contributed by atoms with Crippen LogP contribution in [-0.2, 0) is 6.61 Å². The lowest BCUT2D eigenvalue weighted by Gasteiger charge is -2.11. The van der Waals surface area contributed by atoms with Gasteiger partial charge in [-0.25, -0.2) is 0 Å². The summed E-state index contributed by atoms with van der Waals surface area (Å²) in [5.74, 6) is 2.42. The highest BCUT2D eigenvalue weighted by atomic mass is 16.5. The number of ketones is 1. The Morgan fingerprint density at radius 1 is 0.800 bits per heavy atom. The predicted octanol–water partition coefficient (Wildman–Crippen LogP) is 5.19. The fourth-order valence-corrected chi connectivity index (χ4v) is 2.96. The summed E-state index contributed by atoms with van der Waals surface area (Å²) >= 11 is 0. The molecule has 0 radical (unpaired) electrons. The van der Waals surface area contributed by atoms with Crippen LogP contribution in [0, 0.1) is 0 Å². The number of hydrogen-bond donors (Lipinski definition) is 0. The molecule has 3 rings (SSSR count). The Balaban J connectivity index is 1.79. The van der Waals surface area contributed by atoms with Gasteiger partial charge in [0.15, 0.2) is 5.78 Å². The smallest absolute Gasteiger partial charge is 0.189 e. The van der Waals surface area contributed by atoms with Crippen molar-refractivity contribution in [2.45, 2.75) is 6.61 Å². The van der Waals surface area contributed by atoms with E-state index in [0.29, 0.717) is 23.7 Å². The third-order valence-corrected chi connectivity index (χ3v) is 4.54. The topological polar surface area (TPSA) is 54.0 Å². The molecule has 0 spiro atoms. The van der Waals surface area contributed by atoms with Crippen molar-refractivity contribution >= 4 is 11.9 Å². The quantitative estimate of drug-likeness (QED) is 0.363. The number of para-hydroxylation sites is 1. The largest absolute Gasteiger partial charge is 0.497 e. The molecule has 0 N–H and O–H groups in total. The van der Waals surface area contributed by atoms with Crippen molar-refractivity contribution in [2.75, 3.05) is 21.3 Å². The first-order valence-electron chi connectivity index (χ1n) is 9.44. The maximum atomic E-state index is 12.7. The Kier molecular flexibility index (Phi) is 7.11. The van der Waals surface area contributed by atoms with E-state index in [2.05, 4.69) is 0 Å². The van der Waals surface area contributed by atoms with E-state index in [4.69, 9.17) is 18.9 Å². The second kappa shape index (κ2) is 10.2. The molecular weight excluding hydrogens is 380 g/mol. The fourth-order valence-electron chi connectivity index (χ4n) is 2.96. The molecule has 0 aliphatic rings. The van der Waals surface area contributed by atoms with Gasteiger partial charge in [0.05, 0.1) is 26.9 Å². The first-order valence-corrected chi connectivity index (χ1v) is 9.44. The molecule has 0 fully saturated rings. The zero-order valence-electron chi connectivity index (χ0n) is 17.3. The first kappa shape index (κ1) is 21.0. The third-order valence-electron chi connectivity index (χ3n) is 4.54. The summed E-state index contributed by atoms with van der Waals surface area (Å²) in [5.41, 5.74) is 2.18. The Hall–Kier alpha value is -3.73. The minimum Gasteiger partial charge on any atom is -0.497 e. The van der Waals surface area contributed by atoms with Crippen LogP contribution in [0.25, 0.3) is 6.08 Å². The molecular formula is C25H24O5. The highest BCUT2D eigenvalue weighted by Crippen LogP contribution is 2.26. The summed E-state index contributed by atoms with van der Waals surface area (Å²) in [7, 11) is 4.71. The summed E-state index contributed by atoms with van der Waals surface area (Å²) < 4.78 is 21.8. The molecule has 0 aliphatic heterocycles. The van der Waals surface area contributed by atoms with E-state index in [1.807, 2.05) is 48.5 Å². The van der Waals surface area contributed by atoms with Gasteiger partial charge in [-0.15, -0.1) is 0 Å². The normalized spacial score (nSPS) is 10.6. The Bertz CT molecular complexity index is 1020. The zero-order chi connectivity index (χ0) is 21.3. The van der Waals surface area contributed by atoms with E-state index in [1.165, 1.54) is 13.2 Å². The van der Waals surface area contributed by atoms with Crippen LogP contribution in [0.4, 0.5) is 0 Å². The van der Waals surface area contributed by atoms with Gasteiger partial charge in [0.25, 0.3) is 0 Å². The van der Waals surface area contributed by atoms with Crippen molar-refractivity contribution in [3.8, 4) is 23.0 Å². The van der Waals surface area contributed by atoms with Crippen LogP contribution >= 0.6 is 0 Å². The Labute approximate surface area is 176 Å². The molecule has 0 atom stereocenters. The molecule has 0 amide bonds. The second-order valence-electron chi connectivity index (χ2n) is 6.44. The lowest BCUT2D eigenvalue weighted by Crippen LogP contribution is -2.00. The monoisotopic (exact) mass is 404 g/mol. The zero-order valence-corrected chi connectivity index (χ0v) is 17.3. The number of rotatable bonds is 9. The van der Waals surface area contributed by atoms with E-state index in [0.717, 1.165) is 22.6 Å². The number of carbonyl (C=O) groups excluding carboxylic acids is 1. The average molecular weight is 404 g/mol. The molecule has 0 heterocycles. The van der Waals surface area contributed by atoms with Crippen LogP contribution in [0.5, 0.6) is 23.0 Å². The summed E-state index contributed by atoms with van der Waals surface area (Å²) in [5, 5.41) is 0. The minimum absolute atomic E-state index is 0.177. The van der Waals surface area contributed by atoms with Crippen LogP contribution in [0.3, 0.4) is 0 Å². The molecule has 0 aromatic heterocycles. The summed E-state index contributed by atoms with van der Waals surface area (Å²) in [6, 6.07) is 20.4. The van der Waals surface area contributed by atoms with E-state index in [9.17, 15) is 4.79 Å². The number of carbonyl (C=O) groups is 1. The Morgan fingerprint density at radius 2 is 1.53 bits per heavy atom. The molecule has 3 aromatic rings. The summed E-state index contributed by atoms with van der Waals surface area (Å²) in [6.07, 6.45) is 3.27. The fraction of sp³-hybridized carbons (Fsp3) is 0.160. The van der Waals surface area contributed by atoms with Crippen molar-refractivity contribution in [1.82, 2.24) is 0 Å². The van der Waals surface area contributed by atoms with Gasteiger partial charge in [0.1, 0.15) is 29.6 Å². The van der Waals surface area contributed by atoms with E-state index in [1.54, 1.807) is 38.5 Å². The van der Waals surface area contributed by atoms with Gasteiger partial charge in [0, 0.05) is 5.56 Å². The van der Waals surface area contributed by atoms with Crippen LogP contribution < -0.4 is 18.9 Å². The maximum Gasteiger partial charge on any atom is 0.189 e. The number of allylic oxidation sites excluding steroid dienone is 1. The van der Waals surface area contributed by atoms with Gasteiger partial charge in [-0.1, -0.05) is 30.3 Å². The standard InChI is InChI=1S/C25H24O5/c1-27-21-11-14-25(29-3)22(16-21)23(26)12-9-18-10-13-24(28-2)19(15-18)17-30-20-7-5-4-6-8-20/h4-16H,17H2,1-3H3/b12-9+. The molecule has 0 bridgehead atoms. The molecule has 154 valence electrons. The SMILES string of the molecule is COc1ccc(OC)c(C(=O)/C=C/c2ccc(OC)c(COc3ccccc3)c2)c1. The first-order chi connectivity index (χ1) is 14.6. The van der Waals surface area contributed by atoms with E-state index < -0.39 is 0 Å². The van der Waals surface area contributed by atoms with Crippen molar-refractivity contribution in [1.29, 1.82) is 0 Å². The molecule has 3 aromatic carbocycles. The minimum atomic E-state index is -0.177. The molecule has 5 nitrogen and oxygen atoms in total. The van der Waals surface area contributed by atoms with Crippen molar-refractivity contribution in [3.05, 3.63) is 89.5 Å². The van der Waals surface area contributed by atoms with Crippen LogP contribution in [0.15, 0.2) is 72.8 Å². The molecule has 0 saturated heterocycles. The number of benzene rings is 3. The van der Waals surface area contributed by atoms with Crippen LogP contribution in [0.1, 0.15) is 21.5 Å². The van der Waals surface area contributed by atoms with Crippen molar-refractivity contribution in [2.24, 2.45) is 0 Å². The lowest BCUT2D eigenvalue weighted by molar-refractivity contribution is 0.104. The molecule has 0 saturated carbocycles. The predicted molar refractivity (Wildman–Crippen MR) is 117 cm³/mol. The average Bonchev–Trinajstić information content (AvgIpc) is 2.81. The van der Waals surface area contributed by atoms with Gasteiger partial charge >= 0.3 is 0 Å². The molecule has 5 heteroatoms. The van der Waals surface area contributed by atoms with Crippen molar-refractivity contribution < 1.29 is 23.7 Å². The lowest BCUT2D eigenvalue weighted by atomic mass is 10.1. The molecule has 0 aliphatic carbocycles. The molecule has 30 heavy (non-hydrogen) atoms. The number of methoxy groups -OCH3 is 3. The third kappa shape index (κ3) is 5.20. The van der Waals surface area contributed by atoms with Gasteiger partial charge in [-0.3, -0.25) is 4.79 Å². The second-order valence-corrected chi connectivity index (χ2v) is 6.44. The van der Waals surface area contributed by atoms with Gasteiger partial charge in [0.2, 0.25) is 0 Å². The van der Waals surface area contributed by atoms with E-state index >= 15 is 0 Å².